The van der Waals surface area contributed by atoms with Gasteiger partial charge in [-0.25, -0.2) is 0 Å². The van der Waals surface area contributed by atoms with Crippen LogP contribution in [0.5, 0.6) is 0 Å². The number of thiophene rings is 1. The molecule has 2 aromatic rings. The summed E-state index contributed by atoms with van der Waals surface area (Å²) < 4.78 is 1.12. The minimum absolute atomic E-state index is 0.0220. The zero-order valence-electron chi connectivity index (χ0n) is 10.3. The topological polar surface area (TPSA) is 26.0 Å². The molecular weight excluding hydrogens is 294 g/mol. The van der Waals surface area contributed by atoms with Crippen LogP contribution in [0.2, 0.25) is 0 Å². The normalized spacial score (nSPS) is 12.8. The van der Waals surface area contributed by atoms with E-state index in [0.29, 0.717) is 0 Å². The first-order valence-electron chi connectivity index (χ1n) is 5.58. The summed E-state index contributed by atoms with van der Waals surface area (Å²) in [5.74, 6) is 0. The molecule has 0 aliphatic carbocycles. The van der Waals surface area contributed by atoms with Crippen molar-refractivity contribution in [1.29, 1.82) is 0 Å². The summed E-state index contributed by atoms with van der Waals surface area (Å²) in [6.07, 6.45) is 0. The van der Waals surface area contributed by atoms with Gasteiger partial charge in [0.2, 0.25) is 0 Å². The van der Waals surface area contributed by atoms with Gasteiger partial charge in [0.25, 0.3) is 0 Å². The third-order valence-electron chi connectivity index (χ3n) is 3.01. The maximum atomic E-state index is 6.39. The standard InChI is InChI=1S/C14H16BrNS/c1-8-7-9(2)17-14(8)13(16)11-5-4-6-12(15)10(11)3/h4-7,13H,16H2,1-3H3. The fraction of sp³-hybridized carbons (Fsp3) is 0.286. The lowest BCUT2D eigenvalue weighted by molar-refractivity contribution is 0.873. The van der Waals surface area contributed by atoms with Crippen LogP contribution in [-0.2, 0) is 0 Å². The molecule has 0 aliphatic heterocycles. The molecule has 0 fully saturated rings. The maximum Gasteiger partial charge on any atom is 0.0651 e. The van der Waals surface area contributed by atoms with Gasteiger partial charge < -0.3 is 5.73 Å². The Kier molecular flexibility index (Phi) is 3.71. The molecule has 0 spiro atoms. The Balaban J connectivity index is 2.47. The van der Waals surface area contributed by atoms with E-state index in [1.54, 1.807) is 11.3 Å². The first kappa shape index (κ1) is 12.8. The van der Waals surface area contributed by atoms with E-state index in [0.717, 1.165) is 4.47 Å². The summed E-state index contributed by atoms with van der Waals surface area (Å²) >= 11 is 5.35. The predicted molar refractivity (Wildman–Crippen MR) is 78.7 cm³/mol. The molecule has 3 heteroatoms. The Morgan fingerprint density at radius 3 is 2.53 bits per heavy atom. The van der Waals surface area contributed by atoms with E-state index >= 15 is 0 Å². The minimum Gasteiger partial charge on any atom is -0.320 e. The number of hydrogen-bond donors (Lipinski definition) is 1. The number of halogens is 1. The van der Waals surface area contributed by atoms with Crippen LogP contribution >= 0.6 is 27.3 Å². The quantitative estimate of drug-likeness (QED) is 0.869. The van der Waals surface area contributed by atoms with Crippen molar-refractivity contribution in [2.24, 2.45) is 5.73 Å². The van der Waals surface area contributed by atoms with E-state index < -0.39 is 0 Å². The van der Waals surface area contributed by atoms with E-state index in [9.17, 15) is 0 Å². The Morgan fingerprint density at radius 1 is 1.24 bits per heavy atom. The van der Waals surface area contributed by atoms with Gasteiger partial charge in [0, 0.05) is 14.2 Å². The maximum absolute atomic E-state index is 6.39. The van der Waals surface area contributed by atoms with E-state index in [1.165, 1.54) is 26.4 Å². The molecular formula is C14H16BrNS. The third kappa shape index (κ3) is 2.46. The zero-order valence-corrected chi connectivity index (χ0v) is 12.7. The molecule has 0 amide bonds. The van der Waals surface area contributed by atoms with Crippen LogP contribution in [-0.4, -0.2) is 0 Å². The van der Waals surface area contributed by atoms with Gasteiger partial charge in [0.1, 0.15) is 0 Å². The molecule has 2 rings (SSSR count). The van der Waals surface area contributed by atoms with Crippen molar-refractivity contribution in [2.75, 3.05) is 0 Å². The molecule has 0 radical (unpaired) electrons. The average Bonchev–Trinajstić information content (AvgIpc) is 2.61. The number of aryl methyl sites for hydroxylation is 2. The second kappa shape index (κ2) is 4.92. The lowest BCUT2D eigenvalue weighted by Crippen LogP contribution is -2.12. The van der Waals surface area contributed by atoms with E-state index in [1.807, 2.05) is 6.07 Å². The summed E-state index contributed by atoms with van der Waals surface area (Å²) in [7, 11) is 0. The molecule has 1 unspecified atom stereocenters. The molecule has 2 N–H and O–H groups in total. The van der Waals surface area contributed by atoms with Gasteiger partial charge in [-0.15, -0.1) is 11.3 Å². The molecule has 1 aromatic carbocycles. The Morgan fingerprint density at radius 2 is 1.94 bits per heavy atom. The molecule has 90 valence electrons. The number of hydrogen-bond acceptors (Lipinski definition) is 2. The van der Waals surface area contributed by atoms with Crippen LogP contribution < -0.4 is 5.73 Å². The van der Waals surface area contributed by atoms with E-state index in [2.05, 4.69) is 54.9 Å². The van der Waals surface area contributed by atoms with E-state index in [-0.39, 0.29) is 6.04 Å². The van der Waals surface area contributed by atoms with Gasteiger partial charge in [0.05, 0.1) is 6.04 Å². The van der Waals surface area contributed by atoms with Crippen molar-refractivity contribution in [3.05, 3.63) is 55.2 Å². The van der Waals surface area contributed by atoms with Crippen molar-refractivity contribution in [1.82, 2.24) is 0 Å². The van der Waals surface area contributed by atoms with Gasteiger partial charge in [-0.1, -0.05) is 28.1 Å². The Bertz CT molecular complexity index is 545. The second-order valence-corrected chi connectivity index (χ2v) is 6.48. The molecule has 0 aliphatic rings. The zero-order chi connectivity index (χ0) is 12.6. The van der Waals surface area contributed by atoms with Gasteiger partial charge >= 0.3 is 0 Å². The molecule has 0 saturated heterocycles. The first-order valence-corrected chi connectivity index (χ1v) is 7.19. The lowest BCUT2D eigenvalue weighted by Gasteiger charge is -2.15. The SMILES string of the molecule is Cc1cc(C)c(C(N)c2cccc(Br)c2C)s1. The summed E-state index contributed by atoms with van der Waals surface area (Å²) in [5.41, 5.74) is 10.1. The molecule has 17 heavy (non-hydrogen) atoms. The largest absolute Gasteiger partial charge is 0.320 e. The first-order chi connectivity index (χ1) is 8.00. The minimum atomic E-state index is -0.0220. The summed E-state index contributed by atoms with van der Waals surface area (Å²) in [4.78, 5) is 2.59. The summed E-state index contributed by atoms with van der Waals surface area (Å²) in [6, 6.07) is 8.39. The van der Waals surface area contributed by atoms with Crippen LogP contribution in [0.15, 0.2) is 28.7 Å². The number of rotatable bonds is 2. The van der Waals surface area contributed by atoms with Crippen LogP contribution in [0.4, 0.5) is 0 Å². The highest BCUT2D eigenvalue weighted by Gasteiger charge is 2.16. The monoisotopic (exact) mass is 309 g/mol. The van der Waals surface area contributed by atoms with Crippen molar-refractivity contribution in [3.63, 3.8) is 0 Å². The molecule has 1 aromatic heterocycles. The smallest absolute Gasteiger partial charge is 0.0651 e. The average molecular weight is 310 g/mol. The van der Waals surface area contributed by atoms with Crippen molar-refractivity contribution in [3.8, 4) is 0 Å². The van der Waals surface area contributed by atoms with Crippen molar-refractivity contribution >= 4 is 27.3 Å². The molecule has 0 saturated carbocycles. The Labute approximate surface area is 115 Å². The molecule has 1 atom stereocenters. The van der Waals surface area contributed by atoms with Gasteiger partial charge in [-0.3, -0.25) is 0 Å². The molecule has 0 bridgehead atoms. The van der Waals surface area contributed by atoms with Crippen LogP contribution in [0.25, 0.3) is 0 Å². The Hall–Kier alpha value is -0.640. The van der Waals surface area contributed by atoms with Crippen LogP contribution in [0, 0.1) is 20.8 Å². The molecule has 1 nitrogen and oxygen atoms in total. The highest BCUT2D eigenvalue weighted by molar-refractivity contribution is 9.10. The lowest BCUT2D eigenvalue weighted by atomic mass is 9.99. The highest BCUT2D eigenvalue weighted by atomic mass is 79.9. The van der Waals surface area contributed by atoms with Gasteiger partial charge in [-0.2, -0.15) is 0 Å². The van der Waals surface area contributed by atoms with Crippen molar-refractivity contribution in [2.45, 2.75) is 26.8 Å². The predicted octanol–water partition coefficient (Wildman–Crippen LogP) is 4.48. The summed E-state index contributed by atoms with van der Waals surface area (Å²) in [6.45, 7) is 6.36. The number of benzene rings is 1. The fourth-order valence-corrected chi connectivity index (χ4v) is 3.51. The number of nitrogens with two attached hydrogens (primary N) is 1. The fourth-order valence-electron chi connectivity index (χ4n) is 2.07. The van der Waals surface area contributed by atoms with E-state index in [4.69, 9.17) is 5.73 Å². The van der Waals surface area contributed by atoms with Gasteiger partial charge in [-0.05, 0) is 49.6 Å². The van der Waals surface area contributed by atoms with Crippen LogP contribution in [0.1, 0.15) is 32.5 Å². The van der Waals surface area contributed by atoms with Crippen LogP contribution in [0.3, 0.4) is 0 Å². The highest BCUT2D eigenvalue weighted by Crippen LogP contribution is 2.33. The molecule has 1 heterocycles. The summed E-state index contributed by atoms with van der Waals surface area (Å²) in [5, 5.41) is 0. The van der Waals surface area contributed by atoms with Gasteiger partial charge in [0.15, 0.2) is 0 Å². The second-order valence-electron chi connectivity index (χ2n) is 4.34. The third-order valence-corrected chi connectivity index (χ3v) is 5.10. The van der Waals surface area contributed by atoms with Crippen molar-refractivity contribution < 1.29 is 0 Å².